The highest BCUT2D eigenvalue weighted by atomic mass is 16.4. The number of nitrogens with zero attached hydrogens (tertiary/aromatic N) is 2. The standard InChI is InChI=1S/C16H14N4O2/c17-15(21)11-6-8-13(9-7-11)18-10-14-19-20-16(22-14)12-4-2-1-3-5-12/h1-9,18H,10H2,(H2,17,21). The molecule has 0 aliphatic heterocycles. The summed E-state index contributed by atoms with van der Waals surface area (Å²) in [7, 11) is 0. The van der Waals surface area contributed by atoms with E-state index in [1.54, 1.807) is 24.3 Å². The molecule has 0 atom stereocenters. The lowest BCUT2D eigenvalue weighted by Crippen LogP contribution is -2.10. The minimum atomic E-state index is -0.448. The fourth-order valence-electron chi connectivity index (χ4n) is 1.95. The van der Waals surface area contributed by atoms with Gasteiger partial charge >= 0.3 is 0 Å². The monoisotopic (exact) mass is 294 g/mol. The van der Waals surface area contributed by atoms with Gasteiger partial charge in [0, 0.05) is 16.8 Å². The van der Waals surface area contributed by atoms with Gasteiger partial charge in [0.1, 0.15) is 0 Å². The first kappa shape index (κ1) is 13.8. The molecule has 0 saturated heterocycles. The van der Waals surface area contributed by atoms with Gasteiger partial charge in [-0.05, 0) is 36.4 Å². The third-order valence-corrected chi connectivity index (χ3v) is 3.10. The zero-order chi connectivity index (χ0) is 15.4. The molecule has 2 aromatic carbocycles. The average Bonchev–Trinajstić information content (AvgIpc) is 3.03. The fourth-order valence-corrected chi connectivity index (χ4v) is 1.95. The Hall–Kier alpha value is -3.15. The zero-order valence-corrected chi connectivity index (χ0v) is 11.7. The number of primary amides is 1. The van der Waals surface area contributed by atoms with E-state index in [2.05, 4.69) is 15.5 Å². The topological polar surface area (TPSA) is 94.0 Å². The molecule has 0 radical (unpaired) electrons. The third kappa shape index (κ3) is 3.12. The van der Waals surface area contributed by atoms with Crippen molar-refractivity contribution in [2.45, 2.75) is 6.54 Å². The second-order valence-corrected chi connectivity index (χ2v) is 4.66. The molecule has 0 bridgehead atoms. The predicted octanol–water partition coefficient (Wildman–Crippen LogP) is 2.45. The number of nitrogens with two attached hydrogens (primary N) is 1. The van der Waals surface area contributed by atoms with Gasteiger partial charge in [0.05, 0.1) is 6.54 Å². The summed E-state index contributed by atoms with van der Waals surface area (Å²) in [5.41, 5.74) is 7.38. The third-order valence-electron chi connectivity index (χ3n) is 3.10. The summed E-state index contributed by atoms with van der Waals surface area (Å²) in [6.07, 6.45) is 0. The first-order valence-electron chi connectivity index (χ1n) is 6.74. The van der Waals surface area contributed by atoms with E-state index in [9.17, 15) is 4.79 Å². The summed E-state index contributed by atoms with van der Waals surface area (Å²) in [5, 5.41) is 11.2. The van der Waals surface area contributed by atoms with Gasteiger partial charge in [-0.1, -0.05) is 18.2 Å². The molecule has 6 heteroatoms. The molecule has 0 unspecified atom stereocenters. The molecule has 0 saturated carbocycles. The molecule has 6 nitrogen and oxygen atoms in total. The number of benzene rings is 2. The fraction of sp³-hybridized carbons (Fsp3) is 0.0625. The van der Waals surface area contributed by atoms with E-state index < -0.39 is 5.91 Å². The van der Waals surface area contributed by atoms with Gasteiger partial charge in [-0.15, -0.1) is 10.2 Å². The first-order chi connectivity index (χ1) is 10.7. The summed E-state index contributed by atoms with van der Waals surface area (Å²) >= 11 is 0. The number of amides is 1. The summed E-state index contributed by atoms with van der Waals surface area (Å²) in [4.78, 5) is 11.0. The highest BCUT2D eigenvalue weighted by molar-refractivity contribution is 5.93. The van der Waals surface area contributed by atoms with Crippen LogP contribution in [0.5, 0.6) is 0 Å². The number of aromatic nitrogens is 2. The molecular formula is C16H14N4O2. The maximum Gasteiger partial charge on any atom is 0.248 e. The van der Waals surface area contributed by atoms with Crippen molar-refractivity contribution in [3.05, 3.63) is 66.1 Å². The van der Waals surface area contributed by atoms with E-state index in [1.165, 1.54) is 0 Å². The first-order valence-corrected chi connectivity index (χ1v) is 6.74. The van der Waals surface area contributed by atoms with Crippen LogP contribution in [0.15, 0.2) is 59.0 Å². The Morgan fingerprint density at radius 1 is 1.05 bits per heavy atom. The van der Waals surface area contributed by atoms with Gasteiger partial charge in [-0.2, -0.15) is 0 Å². The quantitative estimate of drug-likeness (QED) is 0.753. The SMILES string of the molecule is NC(=O)c1ccc(NCc2nnc(-c3ccccc3)o2)cc1. The number of hydrogen-bond acceptors (Lipinski definition) is 5. The van der Waals surface area contributed by atoms with Crippen LogP contribution >= 0.6 is 0 Å². The maximum absolute atomic E-state index is 11.0. The van der Waals surface area contributed by atoms with Crippen LogP contribution in [0.4, 0.5) is 5.69 Å². The van der Waals surface area contributed by atoms with Gasteiger partial charge < -0.3 is 15.5 Å². The summed E-state index contributed by atoms with van der Waals surface area (Å²) in [5.74, 6) is 0.523. The van der Waals surface area contributed by atoms with Gasteiger partial charge in [-0.3, -0.25) is 4.79 Å². The molecule has 3 aromatic rings. The van der Waals surface area contributed by atoms with Crippen molar-refractivity contribution in [3.63, 3.8) is 0 Å². The largest absolute Gasteiger partial charge is 0.419 e. The lowest BCUT2D eigenvalue weighted by atomic mass is 10.2. The minimum Gasteiger partial charge on any atom is -0.419 e. The molecule has 1 heterocycles. The summed E-state index contributed by atoms with van der Waals surface area (Å²) < 4.78 is 5.59. The van der Waals surface area contributed by atoms with E-state index in [4.69, 9.17) is 10.2 Å². The van der Waals surface area contributed by atoms with Gasteiger partial charge in [-0.25, -0.2) is 0 Å². The van der Waals surface area contributed by atoms with Crippen molar-refractivity contribution in [1.82, 2.24) is 10.2 Å². The Bertz CT molecular complexity index is 766. The Morgan fingerprint density at radius 3 is 2.45 bits per heavy atom. The van der Waals surface area contributed by atoms with E-state index in [0.29, 0.717) is 23.9 Å². The molecule has 3 N–H and O–H groups in total. The maximum atomic E-state index is 11.0. The average molecular weight is 294 g/mol. The smallest absolute Gasteiger partial charge is 0.248 e. The molecule has 22 heavy (non-hydrogen) atoms. The number of nitrogens with one attached hydrogen (secondary N) is 1. The van der Waals surface area contributed by atoms with E-state index >= 15 is 0 Å². The molecule has 0 aliphatic carbocycles. The van der Waals surface area contributed by atoms with Crippen LogP contribution < -0.4 is 11.1 Å². The Labute approximate surface area is 127 Å². The Morgan fingerprint density at radius 2 is 1.77 bits per heavy atom. The van der Waals surface area contributed by atoms with Crippen LogP contribution in [-0.4, -0.2) is 16.1 Å². The molecule has 0 fully saturated rings. The molecule has 1 amide bonds. The van der Waals surface area contributed by atoms with Crippen LogP contribution in [0.3, 0.4) is 0 Å². The van der Waals surface area contributed by atoms with Gasteiger partial charge in [0.25, 0.3) is 0 Å². The number of carbonyl (C=O) groups is 1. The summed E-state index contributed by atoms with van der Waals surface area (Å²) in [6.45, 7) is 0.399. The number of rotatable bonds is 5. The van der Waals surface area contributed by atoms with E-state index in [0.717, 1.165) is 11.3 Å². The highest BCUT2D eigenvalue weighted by Gasteiger charge is 2.08. The molecule has 110 valence electrons. The van der Waals surface area contributed by atoms with E-state index in [-0.39, 0.29) is 0 Å². The molecule has 3 rings (SSSR count). The van der Waals surface area contributed by atoms with Crippen molar-refractivity contribution >= 4 is 11.6 Å². The van der Waals surface area contributed by atoms with Crippen LogP contribution in [0, 0.1) is 0 Å². The minimum absolute atomic E-state index is 0.399. The summed E-state index contributed by atoms with van der Waals surface area (Å²) in [6, 6.07) is 16.4. The van der Waals surface area contributed by atoms with Crippen molar-refractivity contribution in [2.75, 3.05) is 5.32 Å². The predicted molar refractivity (Wildman–Crippen MR) is 82.0 cm³/mol. The van der Waals surface area contributed by atoms with E-state index in [1.807, 2.05) is 30.3 Å². The Kier molecular flexibility index (Phi) is 3.82. The molecular weight excluding hydrogens is 280 g/mol. The lowest BCUT2D eigenvalue weighted by Gasteiger charge is -2.03. The highest BCUT2D eigenvalue weighted by Crippen LogP contribution is 2.17. The van der Waals surface area contributed by atoms with Gasteiger partial charge in [0.2, 0.25) is 17.7 Å². The van der Waals surface area contributed by atoms with Crippen molar-refractivity contribution in [1.29, 1.82) is 0 Å². The molecule has 0 spiro atoms. The normalized spacial score (nSPS) is 10.4. The number of anilines is 1. The second kappa shape index (κ2) is 6.09. The zero-order valence-electron chi connectivity index (χ0n) is 11.7. The number of hydrogen-bond donors (Lipinski definition) is 2. The molecule has 0 aliphatic rings. The molecule has 1 aromatic heterocycles. The van der Waals surface area contributed by atoms with Crippen LogP contribution in [0.1, 0.15) is 16.2 Å². The van der Waals surface area contributed by atoms with Crippen LogP contribution in [0.25, 0.3) is 11.5 Å². The van der Waals surface area contributed by atoms with Crippen molar-refractivity contribution in [3.8, 4) is 11.5 Å². The number of carbonyl (C=O) groups excluding carboxylic acids is 1. The van der Waals surface area contributed by atoms with Gasteiger partial charge in [0.15, 0.2) is 0 Å². The second-order valence-electron chi connectivity index (χ2n) is 4.66. The van der Waals surface area contributed by atoms with Crippen LogP contribution in [-0.2, 0) is 6.54 Å². The van der Waals surface area contributed by atoms with Crippen molar-refractivity contribution < 1.29 is 9.21 Å². The van der Waals surface area contributed by atoms with Crippen LogP contribution in [0.2, 0.25) is 0 Å². The van der Waals surface area contributed by atoms with Crippen molar-refractivity contribution in [2.24, 2.45) is 5.73 Å². The Balaban J connectivity index is 1.65. The lowest BCUT2D eigenvalue weighted by molar-refractivity contribution is 0.100.